The van der Waals surface area contributed by atoms with E-state index < -0.39 is 0 Å². The van der Waals surface area contributed by atoms with Crippen molar-refractivity contribution in [1.29, 1.82) is 0 Å². The van der Waals surface area contributed by atoms with Crippen LogP contribution in [0.1, 0.15) is 83.6 Å². The molecule has 3 heterocycles. The van der Waals surface area contributed by atoms with Gasteiger partial charge in [-0.2, -0.15) is 0 Å². The van der Waals surface area contributed by atoms with Crippen LogP contribution in [0.4, 0.5) is 0 Å². The van der Waals surface area contributed by atoms with Gasteiger partial charge in [0.05, 0.1) is 10.6 Å². The van der Waals surface area contributed by atoms with Crippen LogP contribution in [0, 0.1) is 11.3 Å². The Balaban J connectivity index is 0.000000769. The molecule has 1 aliphatic heterocycles. The van der Waals surface area contributed by atoms with Crippen LogP contribution >= 0.6 is 11.3 Å². The standard InChI is InChI=1S/C23H34N2S.C3H8O.CH4O/c1-6-17(2)20-10-7-13-24-22(20)21-12-11-19(26-21)16-25-14-8-9-18(15-25)23(3,4)5;1-2-3-4;1-2/h7,10-13,17-18H,6,8-9,14-16H2,1-5H3;4H,2-3H2,1H3;2H,1H3. The Morgan fingerprint density at radius 2 is 1.88 bits per heavy atom. The number of likely N-dealkylation sites (tertiary alicyclic amines) is 1. The lowest BCUT2D eigenvalue weighted by atomic mass is 9.76. The van der Waals surface area contributed by atoms with Gasteiger partial charge in [0.15, 0.2) is 0 Å². The SMILES string of the molecule is CCC(C)c1cccnc1-c1ccc(CN2CCCC(C(C)(C)C)C2)s1.CCCO.CO. The molecule has 0 saturated carbocycles. The molecule has 0 radical (unpaired) electrons. The Kier molecular flexibility index (Phi) is 13.3. The van der Waals surface area contributed by atoms with Crippen LogP contribution in [0.25, 0.3) is 10.6 Å². The molecule has 2 N–H and O–H groups in total. The van der Waals surface area contributed by atoms with E-state index in [1.165, 1.54) is 46.9 Å². The zero-order valence-electron chi connectivity index (χ0n) is 21.4. The quantitative estimate of drug-likeness (QED) is 0.509. The summed E-state index contributed by atoms with van der Waals surface area (Å²) >= 11 is 1.93. The molecule has 0 aromatic carbocycles. The molecule has 5 heteroatoms. The van der Waals surface area contributed by atoms with Crippen LogP contribution in [-0.2, 0) is 6.54 Å². The van der Waals surface area contributed by atoms with E-state index in [2.05, 4.69) is 63.8 Å². The molecule has 0 aliphatic carbocycles. The van der Waals surface area contributed by atoms with Gasteiger partial charge in [0.2, 0.25) is 0 Å². The Morgan fingerprint density at radius 3 is 2.47 bits per heavy atom. The average Bonchev–Trinajstić information content (AvgIpc) is 3.28. The molecular weight excluding hydrogens is 416 g/mol. The summed E-state index contributed by atoms with van der Waals surface area (Å²) in [5.74, 6) is 1.36. The highest BCUT2D eigenvalue weighted by Gasteiger charge is 2.29. The third kappa shape index (κ3) is 8.93. The molecule has 32 heavy (non-hydrogen) atoms. The van der Waals surface area contributed by atoms with E-state index in [-0.39, 0.29) is 0 Å². The first-order chi connectivity index (χ1) is 15.3. The van der Waals surface area contributed by atoms with Crippen molar-refractivity contribution < 1.29 is 10.2 Å². The van der Waals surface area contributed by atoms with Crippen molar-refractivity contribution >= 4 is 11.3 Å². The molecule has 2 unspecified atom stereocenters. The molecule has 3 rings (SSSR count). The lowest BCUT2D eigenvalue weighted by molar-refractivity contribution is 0.0950. The minimum Gasteiger partial charge on any atom is -0.400 e. The first kappa shape index (κ1) is 28.8. The van der Waals surface area contributed by atoms with Crippen molar-refractivity contribution in [3.8, 4) is 10.6 Å². The number of thiophene rings is 1. The highest BCUT2D eigenvalue weighted by atomic mass is 32.1. The third-order valence-electron chi connectivity index (χ3n) is 6.21. The number of rotatable bonds is 6. The maximum atomic E-state index is 7.88. The molecular formula is C27H46N2O2S. The zero-order valence-corrected chi connectivity index (χ0v) is 22.2. The van der Waals surface area contributed by atoms with E-state index in [0.29, 0.717) is 17.9 Å². The lowest BCUT2D eigenvalue weighted by Gasteiger charge is -2.39. The van der Waals surface area contributed by atoms with Gasteiger partial charge < -0.3 is 10.2 Å². The van der Waals surface area contributed by atoms with Crippen molar-refractivity contribution in [3.05, 3.63) is 40.9 Å². The number of pyridine rings is 1. The van der Waals surface area contributed by atoms with Crippen LogP contribution in [0.3, 0.4) is 0 Å². The number of hydrogen-bond acceptors (Lipinski definition) is 5. The summed E-state index contributed by atoms with van der Waals surface area (Å²) in [6.07, 6.45) is 6.67. The zero-order chi connectivity index (χ0) is 24.1. The van der Waals surface area contributed by atoms with Crippen molar-refractivity contribution in [2.24, 2.45) is 11.3 Å². The molecule has 1 aliphatic rings. The summed E-state index contributed by atoms with van der Waals surface area (Å²) in [5.41, 5.74) is 2.98. The predicted molar refractivity (Wildman–Crippen MR) is 139 cm³/mol. The maximum Gasteiger partial charge on any atom is 0.0836 e. The minimum atomic E-state index is 0.319. The summed E-state index contributed by atoms with van der Waals surface area (Å²) in [6, 6.07) is 8.91. The normalized spacial score (nSPS) is 17.6. The fourth-order valence-corrected chi connectivity index (χ4v) is 5.03. The summed E-state index contributed by atoms with van der Waals surface area (Å²) in [5, 5.41) is 14.9. The van der Waals surface area contributed by atoms with Gasteiger partial charge in [-0.15, -0.1) is 11.3 Å². The lowest BCUT2D eigenvalue weighted by Crippen LogP contribution is -2.39. The van der Waals surface area contributed by atoms with Crippen molar-refractivity contribution in [2.45, 2.75) is 79.7 Å². The van der Waals surface area contributed by atoms with E-state index in [4.69, 9.17) is 15.2 Å². The van der Waals surface area contributed by atoms with Crippen LogP contribution in [0.5, 0.6) is 0 Å². The summed E-state index contributed by atoms with van der Waals surface area (Å²) < 4.78 is 0. The van der Waals surface area contributed by atoms with Crippen molar-refractivity contribution in [2.75, 3.05) is 26.8 Å². The fourth-order valence-electron chi connectivity index (χ4n) is 3.96. The number of nitrogens with zero attached hydrogens (tertiary/aromatic N) is 2. The Labute approximate surface area is 200 Å². The molecule has 1 fully saturated rings. The largest absolute Gasteiger partial charge is 0.400 e. The number of piperidine rings is 1. The van der Waals surface area contributed by atoms with E-state index >= 15 is 0 Å². The first-order valence-corrected chi connectivity index (χ1v) is 12.9. The molecule has 2 atom stereocenters. The minimum absolute atomic E-state index is 0.319. The Hall–Kier alpha value is -1.27. The van der Waals surface area contributed by atoms with Crippen LogP contribution < -0.4 is 0 Å². The van der Waals surface area contributed by atoms with Gasteiger partial charge in [0.1, 0.15) is 0 Å². The Bertz CT molecular complexity index is 752. The molecule has 2 aromatic rings. The summed E-state index contributed by atoms with van der Waals surface area (Å²) in [4.78, 5) is 10.2. The number of hydrogen-bond donors (Lipinski definition) is 2. The Morgan fingerprint density at radius 1 is 1.19 bits per heavy atom. The van der Waals surface area contributed by atoms with E-state index in [1.807, 2.05) is 24.5 Å². The van der Waals surface area contributed by atoms with Crippen molar-refractivity contribution in [3.63, 3.8) is 0 Å². The van der Waals surface area contributed by atoms with E-state index in [9.17, 15) is 0 Å². The fraction of sp³-hybridized carbons (Fsp3) is 0.667. The highest BCUT2D eigenvalue weighted by Crippen LogP contribution is 2.36. The van der Waals surface area contributed by atoms with Gasteiger partial charge in [-0.05, 0) is 73.2 Å². The second-order valence-corrected chi connectivity index (χ2v) is 10.8. The summed E-state index contributed by atoms with van der Waals surface area (Å²) in [7, 11) is 1.00. The van der Waals surface area contributed by atoms with Crippen LogP contribution in [-0.4, -0.2) is 46.9 Å². The van der Waals surface area contributed by atoms with Gasteiger partial charge in [-0.3, -0.25) is 9.88 Å². The van der Waals surface area contributed by atoms with Gasteiger partial charge in [0, 0.05) is 37.9 Å². The van der Waals surface area contributed by atoms with Crippen LogP contribution in [0.2, 0.25) is 0 Å². The van der Waals surface area contributed by atoms with E-state index in [1.54, 1.807) is 0 Å². The first-order valence-electron chi connectivity index (χ1n) is 12.1. The molecule has 1 saturated heterocycles. The number of aliphatic hydroxyl groups excluding tert-OH is 2. The molecule has 2 aromatic heterocycles. The average molecular weight is 463 g/mol. The van der Waals surface area contributed by atoms with Crippen LogP contribution in [0.15, 0.2) is 30.5 Å². The van der Waals surface area contributed by atoms with Gasteiger partial charge in [-0.1, -0.05) is 47.6 Å². The van der Waals surface area contributed by atoms with Gasteiger partial charge >= 0.3 is 0 Å². The number of aliphatic hydroxyl groups is 2. The maximum absolute atomic E-state index is 7.88. The predicted octanol–water partition coefficient (Wildman–Crippen LogP) is 6.58. The molecule has 0 bridgehead atoms. The second kappa shape index (κ2) is 14.8. The van der Waals surface area contributed by atoms with Gasteiger partial charge in [-0.25, -0.2) is 0 Å². The topological polar surface area (TPSA) is 56.6 Å². The molecule has 0 amide bonds. The third-order valence-corrected chi connectivity index (χ3v) is 7.29. The smallest absolute Gasteiger partial charge is 0.0836 e. The molecule has 0 spiro atoms. The van der Waals surface area contributed by atoms with E-state index in [0.717, 1.165) is 32.4 Å². The highest BCUT2D eigenvalue weighted by molar-refractivity contribution is 7.15. The second-order valence-electron chi connectivity index (χ2n) is 9.68. The van der Waals surface area contributed by atoms with Crippen molar-refractivity contribution in [1.82, 2.24) is 9.88 Å². The molecule has 182 valence electrons. The monoisotopic (exact) mass is 462 g/mol. The number of aromatic nitrogens is 1. The summed E-state index contributed by atoms with van der Waals surface area (Å²) in [6.45, 7) is 17.5. The van der Waals surface area contributed by atoms with Gasteiger partial charge in [0.25, 0.3) is 0 Å². The molecule has 4 nitrogen and oxygen atoms in total.